The van der Waals surface area contributed by atoms with Gasteiger partial charge in [0.05, 0.1) is 41.5 Å². The molecule has 2 atom stereocenters. The van der Waals surface area contributed by atoms with Gasteiger partial charge < -0.3 is 25.3 Å². The van der Waals surface area contributed by atoms with Gasteiger partial charge in [-0.05, 0) is 62.1 Å². The smallest absolute Gasteiger partial charge is 0.175 e. The fourth-order valence-electron chi connectivity index (χ4n) is 4.70. The third-order valence-electron chi connectivity index (χ3n) is 6.73. The number of benzene rings is 2. The Morgan fingerprint density at radius 2 is 2.00 bits per heavy atom. The van der Waals surface area contributed by atoms with Gasteiger partial charge in [-0.3, -0.25) is 0 Å². The van der Waals surface area contributed by atoms with Crippen LogP contribution in [-0.4, -0.2) is 58.2 Å². The van der Waals surface area contributed by atoms with Crippen molar-refractivity contribution in [2.75, 3.05) is 43.6 Å². The predicted octanol–water partition coefficient (Wildman–Crippen LogP) is 3.96. The van der Waals surface area contributed by atoms with E-state index in [4.69, 9.17) is 4.74 Å². The Labute approximate surface area is 211 Å². The molecular weight excluding hydrogens is 479 g/mol. The molecule has 2 aliphatic rings. The van der Waals surface area contributed by atoms with E-state index in [1.54, 1.807) is 12.1 Å². The molecule has 2 fully saturated rings. The van der Waals surface area contributed by atoms with Crippen LogP contribution in [0.15, 0.2) is 47.4 Å². The molecule has 7 nitrogen and oxygen atoms in total. The van der Waals surface area contributed by atoms with Crippen LogP contribution in [0.3, 0.4) is 0 Å². The van der Waals surface area contributed by atoms with E-state index in [0.717, 1.165) is 48.1 Å². The van der Waals surface area contributed by atoms with Gasteiger partial charge in [-0.2, -0.15) is 0 Å². The van der Waals surface area contributed by atoms with Crippen molar-refractivity contribution in [3.63, 3.8) is 0 Å². The average molecular weight is 511 g/mol. The Balaban J connectivity index is 1.38. The highest BCUT2D eigenvalue weighted by molar-refractivity contribution is 7.90. The van der Waals surface area contributed by atoms with Crippen LogP contribution in [-0.2, 0) is 9.84 Å². The van der Waals surface area contributed by atoms with Crippen molar-refractivity contribution in [1.29, 1.82) is 0 Å². The van der Waals surface area contributed by atoms with Crippen molar-refractivity contribution in [2.45, 2.75) is 42.4 Å². The summed E-state index contributed by atoms with van der Waals surface area (Å²) in [5, 5.41) is 10.8. The first-order valence-electron chi connectivity index (χ1n) is 12.2. The van der Waals surface area contributed by atoms with Crippen LogP contribution in [0.4, 0.5) is 15.8 Å². The second-order valence-corrected chi connectivity index (χ2v) is 11.4. The van der Waals surface area contributed by atoms with E-state index in [1.807, 2.05) is 12.1 Å². The molecule has 0 spiro atoms. The van der Waals surface area contributed by atoms with Gasteiger partial charge in [0.25, 0.3) is 0 Å². The number of ether oxygens (including phenoxy) is 1. The molecule has 3 N–H and O–H groups in total. The fourth-order valence-corrected chi connectivity index (χ4v) is 5.34. The maximum atomic E-state index is 14.4. The number of alkyl halides is 1. The Kier molecular flexibility index (Phi) is 6.82. The monoisotopic (exact) mass is 510 g/mol. The second-order valence-electron chi connectivity index (χ2n) is 9.42. The Morgan fingerprint density at radius 1 is 1.17 bits per heavy atom. The first-order valence-corrected chi connectivity index (χ1v) is 14.1. The lowest BCUT2D eigenvalue weighted by Gasteiger charge is -2.28. The molecule has 1 aromatic heterocycles. The van der Waals surface area contributed by atoms with E-state index < -0.39 is 16.0 Å². The summed E-state index contributed by atoms with van der Waals surface area (Å²) in [6.07, 6.45) is 3.24. The summed E-state index contributed by atoms with van der Waals surface area (Å²) in [4.78, 5) is 0.206. The van der Waals surface area contributed by atoms with Crippen LogP contribution in [0.5, 0.6) is 5.75 Å². The molecule has 0 amide bonds. The third-order valence-corrected chi connectivity index (χ3v) is 7.84. The van der Waals surface area contributed by atoms with Crippen LogP contribution in [0.25, 0.3) is 10.9 Å². The summed E-state index contributed by atoms with van der Waals surface area (Å²) in [7, 11) is -1.81. The molecule has 0 bridgehead atoms. The zero-order valence-corrected chi connectivity index (χ0v) is 21.3. The highest BCUT2D eigenvalue weighted by Gasteiger charge is 2.29. The highest BCUT2D eigenvalue weighted by Crippen LogP contribution is 2.41. The lowest BCUT2D eigenvalue weighted by Crippen LogP contribution is -2.45. The summed E-state index contributed by atoms with van der Waals surface area (Å²) in [5.74, 6) is 6.95. The number of methoxy groups -OCH3 is 1. The minimum absolute atomic E-state index is 0.205. The summed E-state index contributed by atoms with van der Waals surface area (Å²) < 4.78 is 45.7. The average Bonchev–Trinajstić information content (AvgIpc) is 3.62. The molecule has 1 aliphatic carbocycles. The molecule has 5 rings (SSSR count). The molecule has 1 saturated heterocycles. The number of aromatic nitrogens is 1. The molecule has 1 saturated carbocycles. The van der Waals surface area contributed by atoms with E-state index in [-0.39, 0.29) is 10.9 Å². The first-order chi connectivity index (χ1) is 17.3. The van der Waals surface area contributed by atoms with Crippen molar-refractivity contribution in [3.8, 4) is 17.6 Å². The zero-order valence-electron chi connectivity index (χ0n) is 20.5. The van der Waals surface area contributed by atoms with Gasteiger partial charge >= 0.3 is 0 Å². The molecule has 3 aromatic rings. The van der Waals surface area contributed by atoms with E-state index in [1.165, 1.54) is 19.4 Å². The van der Waals surface area contributed by atoms with Gasteiger partial charge in [0, 0.05) is 36.0 Å². The lowest BCUT2D eigenvalue weighted by molar-refractivity contribution is 0.245. The number of anilines is 2. The van der Waals surface area contributed by atoms with E-state index in [9.17, 15) is 12.8 Å². The van der Waals surface area contributed by atoms with Crippen molar-refractivity contribution >= 4 is 32.1 Å². The maximum absolute atomic E-state index is 14.4. The SMILES string of the molecule is COc1cc(S(C)(=O)=O)ccc1NCC#Cc1cc2c(N[C@H]3CCNC[C@H]3F)cccc2n1C1CC1. The highest BCUT2D eigenvalue weighted by atomic mass is 32.2. The van der Waals surface area contributed by atoms with Gasteiger partial charge in [0.1, 0.15) is 11.9 Å². The Morgan fingerprint density at radius 3 is 2.72 bits per heavy atom. The van der Waals surface area contributed by atoms with Crippen molar-refractivity contribution in [3.05, 3.63) is 48.2 Å². The molecule has 190 valence electrons. The van der Waals surface area contributed by atoms with Gasteiger partial charge in [-0.15, -0.1) is 0 Å². The number of sulfone groups is 1. The van der Waals surface area contributed by atoms with Gasteiger partial charge in [0.15, 0.2) is 9.84 Å². The topological polar surface area (TPSA) is 84.4 Å². The number of hydrogen-bond donors (Lipinski definition) is 3. The van der Waals surface area contributed by atoms with E-state index >= 15 is 0 Å². The lowest BCUT2D eigenvalue weighted by atomic mass is 10.0. The molecule has 2 aromatic carbocycles. The van der Waals surface area contributed by atoms with Gasteiger partial charge in [-0.1, -0.05) is 12.0 Å². The van der Waals surface area contributed by atoms with Gasteiger partial charge in [-0.25, -0.2) is 12.8 Å². The largest absolute Gasteiger partial charge is 0.495 e. The molecule has 9 heteroatoms. The molecule has 36 heavy (non-hydrogen) atoms. The van der Waals surface area contributed by atoms with Crippen LogP contribution < -0.4 is 20.7 Å². The van der Waals surface area contributed by atoms with Crippen LogP contribution >= 0.6 is 0 Å². The standard InChI is InChI=1S/C27H31FN4O3S/c1-35-27-16-20(36(2,33)34)10-11-25(27)30-13-4-5-19-15-21-23(31-24-12-14-29-17-22(24)28)6-3-7-26(21)32(19)18-8-9-18/h3,6-7,10-11,15-16,18,22,24,29-31H,8-9,12-14,17H2,1-2H3/t22-,24+/m1/s1. The zero-order chi connectivity index (χ0) is 25.3. The molecule has 0 radical (unpaired) electrons. The summed E-state index contributed by atoms with van der Waals surface area (Å²) in [5.41, 5.74) is 3.67. The van der Waals surface area contributed by atoms with Crippen LogP contribution in [0, 0.1) is 11.8 Å². The Hall–Kier alpha value is -3.22. The normalized spacial score (nSPS) is 20.0. The minimum Gasteiger partial charge on any atom is -0.495 e. The third kappa shape index (κ3) is 5.15. The number of fused-ring (bicyclic) bond motifs is 1. The van der Waals surface area contributed by atoms with Crippen LogP contribution in [0.1, 0.15) is 31.0 Å². The second kappa shape index (κ2) is 10.0. The number of piperidine rings is 1. The number of nitrogens with zero attached hydrogens (tertiary/aromatic N) is 1. The molecule has 0 unspecified atom stereocenters. The van der Waals surface area contributed by atoms with Crippen molar-refractivity contribution in [1.82, 2.24) is 9.88 Å². The first kappa shape index (κ1) is 24.5. The van der Waals surface area contributed by atoms with E-state index in [2.05, 4.69) is 44.5 Å². The number of rotatable bonds is 7. The fraction of sp³-hybridized carbons (Fsp3) is 0.407. The predicted molar refractivity (Wildman–Crippen MR) is 141 cm³/mol. The number of halogens is 1. The number of hydrogen-bond acceptors (Lipinski definition) is 6. The summed E-state index contributed by atoms with van der Waals surface area (Å²) in [6.45, 7) is 1.55. The van der Waals surface area contributed by atoms with E-state index in [0.29, 0.717) is 30.6 Å². The summed E-state index contributed by atoms with van der Waals surface area (Å²) >= 11 is 0. The minimum atomic E-state index is -3.32. The molecule has 2 heterocycles. The Bertz CT molecular complexity index is 1440. The number of nitrogens with one attached hydrogen (secondary N) is 3. The molecular formula is C27H31FN4O3S. The molecule has 1 aliphatic heterocycles. The quantitative estimate of drug-likeness (QED) is 0.418. The van der Waals surface area contributed by atoms with Crippen LogP contribution in [0.2, 0.25) is 0 Å². The maximum Gasteiger partial charge on any atom is 0.175 e. The summed E-state index contributed by atoms with van der Waals surface area (Å²) in [6, 6.07) is 13.2. The van der Waals surface area contributed by atoms with Crippen molar-refractivity contribution < 1.29 is 17.5 Å². The van der Waals surface area contributed by atoms with Gasteiger partial charge in [0.2, 0.25) is 0 Å². The van der Waals surface area contributed by atoms with Crippen molar-refractivity contribution in [2.24, 2.45) is 0 Å².